The number of esters is 1. The van der Waals surface area contributed by atoms with Crippen molar-refractivity contribution in [2.24, 2.45) is 58.2 Å². The van der Waals surface area contributed by atoms with E-state index in [4.69, 9.17) is 33.2 Å². The highest BCUT2D eigenvalue weighted by Crippen LogP contribution is 2.64. The van der Waals surface area contributed by atoms with Gasteiger partial charge in [0, 0.05) is 73.2 Å². The van der Waals surface area contributed by atoms with Crippen molar-refractivity contribution in [3.63, 3.8) is 0 Å². The second-order valence-corrected chi connectivity index (χ2v) is 25.2. The fraction of sp³-hybridized carbons (Fsp3) is 0.817. The van der Waals surface area contributed by atoms with Crippen molar-refractivity contribution in [3.05, 3.63) is 46.3 Å². The number of ketones is 2. The Kier molecular flexibility index (Phi) is 18.4. The third-order valence-electron chi connectivity index (χ3n) is 20.0. The molecule has 2 bridgehead atoms. The molecule has 25 atom stereocenters. The normalized spacial score (nSPS) is 49.1. The zero-order chi connectivity index (χ0) is 56.4. The number of carbonyl (C=O) groups is 3. The highest BCUT2D eigenvalue weighted by Gasteiger charge is 2.67. The monoisotopic (exact) mass is 1080 g/mol. The Morgan fingerprint density at radius 2 is 1.29 bits per heavy atom. The predicted octanol–water partition coefficient (Wildman–Crippen LogP) is 6.63. The molecule has 17 nitrogen and oxygen atoms in total. The van der Waals surface area contributed by atoms with Gasteiger partial charge in [0.1, 0.15) is 35.4 Å². The van der Waals surface area contributed by atoms with Gasteiger partial charge in [-0.05, 0) is 90.4 Å². The second-order valence-electron chi connectivity index (χ2n) is 25.2. The number of hydrogen-bond donors (Lipinski definition) is 7. The molecule has 0 aromatic heterocycles. The zero-order valence-corrected chi connectivity index (χ0v) is 47.6. The number of rotatable bonds is 9. The molecule has 0 aromatic carbocycles. The Labute approximate surface area is 455 Å². The second kappa shape index (κ2) is 23.5. The summed E-state index contributed by atoms with van der Waals surface area (Å²) in [7, 11) is 0. The first-order valence-electron chi connectivity index (χ1n) is 29.0. The van der Waals surface area contributed by atoms with Crippen LogP contribution in [0.15, 0.2) is 46.3 Å². The van der Waals surface area contributed by atoms with Gasteiger partial charge in [0.25, 0.3) is 0 Å². The van der Waals surface area contributed by atoms with Crippen LogP contribution >= 0.6 is 0 Å². The van der Waals surface area contributed by atoms with Crippen LogP contribution in [0.2, 0.25) is 0 Å². The number of hydrogen-bond acceptors (Lipinski definition) is 17. The highest BCUT2D eigenvalue weighted by atomic mass is 16.7. The van der Waals surface area contributed by atoms with Crippen molar-refractivity contribution < 1.29 is 83.3 Å². The van der Waals surface area contributed by atoms with Crippen LogP contribution in [-0.2, 0) is 47.5 Å². The Bertz CT molecular complexity index is 2260. The quantitative estimate of drug-likeness (QED) is 0.0727. The maximum absolute atomic E-state index is 15.7. The maximum atomic E-state index is 15.7. The largest absolute Gasteiger partial charge is 0.511 e. The molecule has 5 fully saturated rings. The first-order valence-corrected chi connectivity index (χ1v) is 29.0. The number of Topliss-reactive ketones (excluding diaryl/α,β-unsaturated/α-hetero) is 2. The summed E-state index contributed by atoms with van der Waals surface area (Å²) < 4.78 is 44.4. The van der Waals surface area contributed by atoms with Crippen molar-refractivity contribution in [2.75, 3.05) is 6.61 Å². The fourth-order valence-electron chi connectivity index (χ4n) is 15.7. The lowest BCUT2D eigenvalue weighted by molar-refractivity contribution is -0.336. The lowest BCUT2D eigenvalue weighted by atomic mass is 9.47. The van der Waals surface area contributed by atoms with Crippen LogP contribution in [0.4, 0.5) is 0 Å². The minimum Gasteiger partial charge on any atom is -0.511 e. The topological polar surface area (TPSA) is 257 Å². The van der Waals surface area contributed by atoms with E-state index in [2.05, 4.69) is 26.0 Å². The van der Waals surface area contributed by atoms with Crippen LogP contribution < -0.4 is 0 Å². The SMILES string of the molecule is CC/C1=C\[C@H](CO)C[C@@H](C)[C@H](O[C@H]2C[C@H](O)[C@H](O[C@H]3C[C@H](O)[C@H](O[C@H]4C[C@H](O)[C@H](O)[C@@H](C)O4)[C@@H](C)O3)[C@@H](C)O2)[C@H](C)CCC[C@]2(C)C=C(C)[C@H](C)C[C@]23OC(=O)C(=C(O)[C@@]2(CC)[C@H]4[C@H](C=C(C)[C@@H]12)[C@@H](O)CC(=O)[C@@H]4C)C3=O. The average Bonchev–Trinajstić information content (AvgIpc) is 3.67. The first-order chi connectivity index (χ1) is 36.3. The van der Waals surface area contributed by atoms with E-state index in [1.54, 1.807) is 20.8 Å². The first kappa shape index (κ1) is 60.2. The lowest BCUT2D eigenvalue weighted by Gasteiger charge is -2.56. The van der Waals surface area contributed by atoms with Crippen LogP contribution in [0.25, 0.3) is 0 Å². The number of fused-ring (bicyclic) bond motifs is 4. The Balaban J connectivity index is 1.09. The number of carbonyl (C=O) groups excluding carboxylic acids is 3. The Hall–Kier alpha value is -2.91. The van der Waals surface area contributed by atoms with Gasteiger partial charge in [0.2, 0.25) is 5.78 Å². The number of aliphatic hydroxyl groups is 7. The summed E-state index contributed by atoms with van der Waals surface area (Å²) in [6.45, 7) is 22.9. The molecule has 1 saturated carbocycles. The number of allylic oxidation sites excluding steroid dienone is 4. The van der Waals surface area contributed by atoms with Crippen LogP contribution in [0, 0.1) is 58.2 Å². The molecule has 0 unspecified atom stereocenters. The van der Waals surface area contributed by atoms with Crippen molar-refractivity contribution in [2.45, 2.75) is 245 Å². The Morgan fingerprint density at radius 1 is 0.714 bits per heavy atom. The van der Waals surface area contributed by atoms with E-state index >= 15 is 4.79 Å². The van der Waals surface area contributed by atoms with Gasteiger partial charge in [0.15, 0.2) is 24.5 Å². The van der Waals surface area contributed by atoms with Gasteiger partial charge in [0.05, 0.1) is 48.8 Å². The van der Waals surface area contributed by atoms with Gasteiger partial charge < -0.3 is 68.9 Å². The summed E-state index contributed by atoms with van der Waals surface area (Å²) >= 11 is 0. The molecule has 4 heterocycles. The van der Waals surface area contributed by atoms with Crippen LogP contribution in [0.5, 0.6) is 0 Å². The average molecular weight is 1090 g/mol. The summed E-state index contributed by atoms with van der Waals surface area (Å²) in [4.78, 5) is 44.3. The van der Waals surface area contributed by atoms with E-state index < -0.39 is 144 Å². The summed E-state index contributed by atoms with van der Waals surface area (Å²) in [5.74, 6) is -5.27. The molecule has 0 aromatic rings. The molecular weight excluding hydrogens is 993 g/mol. The molecule has 1 spiro atoms. The van der Waals surface area contributed by atoms with Crippen LogP contribution in [0.3, 0.4) is 0 Å². The summed E-state index contributed by atoms with van der Waals surface area (Å²) in [6, 6.07) is 0. The minimum atomic E-state index is -1.62. The van der Waals surface area contributed by atoms with E-state index in [1.165, 1.54) is 0 Å². The number of ether oxygens (including phenoxy) is 7. The minimum absolute atomic E-state index is 0.0265. The van der Waals surface area contributed by atoms with Gasteiger partial charge in [-0.1, -0.05) is 89.8 Å². The molecule has 0 radical (unpaired) electrons. The van der Waals surface area contributed by atoms with Gasteiger partial charge in [-0.3, -0.25) is 9.59 Å². The lowest BCUT2D eigenvalue weighted by Crippen LogP contribution is -2.57. The molecule has 0 amide bonds. The third-order valence-corrected chi connectivity index (χ3v) is 20.0. The van der Waals surface area contributed by atoms with Gasteiger partial charge in [-0.2, -0.15) is 0 Å². The van der Waals surface area contributed by atoms with Crippen molar-refractivity contribution in [3.8, 4) is 0 Å². The molecule has 4 aliphatic carbocycles. The van der Waals surface area contributed by atoms with Crippen molar-refractivity contribution in [1.29, 1.82) is 0 Å². The van der Waals surface area contributed by atoms with E-state index in [-0.39, 0.29) is 80.0 Å². The van der Waals surface area contributed by atoms with E-state index in [9.17, 15) is 45.3 Å². The smallest absolute Gasteiger partial charge is 0.346 e. The van der Waals surface area contributed by atoms with Crippen molar-refractivity contribution in [1.82, 2.24) is 0 Å². The van der Waals surface area contributed by atoms with Crippen molar-refractivity contribution >= 4 is 17.5 Å². The van der Waals surface area contributed by atoms with Crippen LogP contribution in [0.1, 0.15) is 154 Å². The highest BCUT2D eigenvalue weighted by molar-refractivity contribution is 6.26. The molecule has 4 aliphatic heterocycles. The van der Waals surface area contributed by atoms with E-state index in [1.807, 2.05) is 54.5 Å². The Morgan fingerprint density at radius 3 is 1.83 bits per heavy atom. The van der Waals surface area contributed by atoms with Gasteiger partial charge in [-0.15, -0.1) is 0 Å². The summed E-state index contributed by atoms with van der Waals surface area (Å²) in [5, 5.41) is 79.7. The molecule has 17 heteroatoms. The fourth-order valence-corrected chi connectivity index (χ4v) is 15.7. The standard InChI is InChI=1S/C60H92O17/c1-13-38-20-37(27-61)18-30(5)52(74-46-23-43(65)54(35(10)72-46)76-47-24-44(66)53(36(11)73-47)75-45-22-42(64)51(67)34(9)71-45)28(3)16-15-17-58(12)25-31(6)32(7)26-60(58)56(69)48(57(70)77-60)55(68)59(14-2)49(38)29(4)19-39-41(63)21-40(62)33(8)50(39)59/h19-20,25,28,30,32-37,39,41-47,49-54,61,63-68H,13-18,21-24,26-27H2,1-12H3/b38-20+,55-48?/t28-,30-,32-,33+,34-,35-,36-,37-,39-,41+,42+,43+,44+,45+,46+,47+,49+,50-,51-,52-,53-,54-,58-,59-,60-/m1/s1. The van der Waals surface area contributed by atoms with Crippen LogP contribution in [-0.4, -0.2) is 152 Å². The molecule has 434 valence electrons. The molecule has 4 saturated heterocycles. The van der Waals surface area contributed by atoms with E-state index in [0.29, 0.717) is 32.1 Å². The van der Waals surface area contributed by atoms with Gasteiger partial charge in [-0.25, -0.2) is 4.79 Å². The molecule has 8 rings (SSSR count). The van der Waals surface area contributed by atoms with E-state index in [0.717, 1.165) is 16.7 Å². The summed E-state index contributed by atoms with van der Waals surface area (Å²) in [6.07, 6.45) is -2.54. The van der Waals surface area contributed by atoms with Gasteiger partial charge >= 0.3 is 5.97 Å². The predicted molar refractivity (Wildman–Crippen MR) is 282 cm³/mol. The molecule has 8 aliphatic rings. The zero-order valence-electron chi connectivity index (χ0n) is 47.6. The molecular formula is C60H92O17. The summed E-state index contributed by atoms with van der Waals surface area (Å²) in [5.41, 5.74) is -1.59. The third kappa shape index (κ3) is 11.0. The molecule has 77 heavy (non-hydrogen) atoms. The maximum Gasteiger partial charge on any atom is 0.346 e. The molecule has 7 N–H and O–H groups in total. The number of aliphatic hydroxyl groups excluding tert-OH is 7.